The number of aromatic nitrogens is 4. The lowest BCUT2D eigenvalue weighted by Crippen LogP contribution is -2.29. The quantitative estimate of drug-likeness (QED) is 0.817. The largest absolute Gasteiger partial charge is 0.344 e. The van der Waals surface area contributed by atoms with Crippen LogP contribution in [0.3, 0.4) is 0 Å². The van der Waals surface area contributed by atoms with Crippen LogP contribution in [0.15, 0.2) is 12.4 Å². The van der Waals surface area contributed by atoms with Crippen LogP contribution in [0.5, 0.6) is 0 Å². The first-order chi connectivity index (χ1) is 9.43. The fraction of sp³-hybridized carbons (Fsp3) is 0.462. The molecule has 2 rings (SSSR count). The van der Waals surface area contributed by atoms with E-state index in [1.807, 2.05) is 31.6 Å². The summed E-state index contributed by atoms with van der Waals surface area (Å²) in [5.74, 6) is -0.120. The van der Waals surface area contributed by atoms with Crippen molar-refractivity contribution < 1.29 is 4.79 Å². The number of halogens is 1. The molecule has 0 aliphatic rings. The highest BCUT2D eigenvalue weighted by molar-refractivity contribution is 14.1. The second kappa shape index (κ2) is 5.94. The Morgan fingerprint density at radius 1 is 1.55 bits per heavy atom. The summed E-state index contributed by atoms with van der Waals surface area (Å²) < 4.78 is 4.31. The fourth-order valence-electron chi connectivity index (χ4n) is 2.13. The minimum atomic E-state index is -0.120. The van der Waals surface area contributed by atoms with Crippen molar-refractivity contribution in [3.05, 3.63) is 32.9 Å². The summed E-state index contributed by atoms with van der Waals surface area (Å²) in [6.45, 7) is 6.78. The predicted octanol–water partition coefficient (Wildman–Crippen LogP) is 2.04. The Kier molecular flexibility index (Phi) is 4.46. The molecular formula is C13H18IN5O. The lowest BCUT2D eigenvalue weighted by Gasteiger charge is -2.13. The minimum Gasteiger partial charge on any atom is -0.344 e. The van der Waals surface area contributed by atoms with Gasteiger partial charge in [-0.3, -0.25) is 14.2 Å². The average Bonchev–Trinajstić information content (AvgIpc) is 2.92. The molecule has 0 fully saturated rings. The molecule has 1 N–H and O–H groups in total. The summed E-state index contributed by atoms with van der Waals surface area (Å²) in [6.07, 6.45) is 3.66. The molecule has 2 aromatic rings. The van der Waals surface area contributed by atoms with Crippen LogP contribution >= 0.6 is 22.6 Å². The Labute approximate surface area is 131 Å². The third kappa shape index (κ3) is 2.87. The van der Waals surface area contributed by atoms with Crippen molar-refractivity contribution in [3.63, 3.8) is 0 Å². The first-order valence-electron chi connectivity index (χ1n) is 6.46. The van der Waals surface area contributed by atoms with Crippen LogP contribution in [0.4, 0.5) is 0 Å². The minimum absolute atomic E-state index is 0.0894. The summed E-state index contributed by atoms with van der Waals surface area (Å²) in [5, 5.41) is 11.5. The van der Waals surface area contributed by atoms with Gasteiger partial charge >= 0.3 is 0 Å². The van der Waals surface area contributed by atoms with Gasteiger partial charge in [0, 0.05) is 25.4 Å². The van der Waals surface area contributed by atoms with Crippen molar-refractivity contribution in [3.8, 4) is 0 Å². The molecule has 0 bridgehead atoms. The van der Waals surface area contributed by atoms with E-state index in [9.17, 15) is 4.79 Å². The summed E-state index contributed by atoms with van der Waals surface area (Å²) in [7, 11) is 1.77. The highest BCUT2D eigenvalue weighted by Crippen LogP contribution is 2.18. The Bertz CT molecular complexity index is 611. The van der Waals surface area contributed by atoms with Gasteiger partial charge in [0.2, 0.25) is 0 Å². The van der Waals surface area contributed by atoms with Crippen molar-refractivity contribution >= 4 is 28.5 Å². The molecule has 2 aromatic heterocycles. The summed E-state index contributed by atoms with van der Waals surface area (Å²) in [4.78, 5) is 12.3. The van der Waals surface area contributed by atoms with Crippen molar-refractivity contribution in [1.29, 1.82) is 0 Å². The van der Waals surface area contributed by atoms with Crippen molar-refractivity contribution in [2.75, 3.05) is 0 Å². The monoisotopic (exact) mass is 387 g/mol. The molecule has 108 valence electrons. The third-order valence-electron chi connectivity index (χ3n) is 3.23. The zero-order chi connectivity index (χ0) is 14.9. The molecule has 1 amide bonds. The molecule has 0 aliphatic carbocycles. The molecule has 2 heterocycles. The normalized spacial score (nSPS) is 12.4. The number of hydrogen-bond acceptors (Lipinski definition) is 3. The van der Waals surface area contributed by atoms with Crippen LogP contribution in [0.1, 0.15) is 41.6 Å². The number of carbonyl (C=O) groups is 1. The zero-order valence-corrected chi connectivity index (χ0v) is 14.2. The first-order valence-corrected chi connectivity index (χ1v) is 7.54. The van der Waals surface area contributed by atoms with Gasteiger partial charge in [0.1, 0.15) is 5.69 Å². The number of aryl methyl sites for hydroxylation is 3. The third-order valence-corrected chi connectivity index (χ3v) is 4.02. The summed E-state index contributed by atoms with van der Waals surface area (Å²) in [5.41, 5.74) is 2.56. The van der Waals surface area contributed by atoms with Crippen LogP contribution < -0.4 is 5.32 Å². The number of rotatable bonds is 4. The Morgan fingerprint density at radius 2 is 2.25 bits per heavy atom. The van der Waals surface area contributed by atoms with Crippen LogP contribution in [0.2, 0.25) is 0 Å². The van der Waals surface area contributed by atoms with E-state index in [0.29, 0.717) is 5.69 Å². The van der Waals surface area contributed by atoms with Gasteiger partial charge in [-0.1, -0.05) is 0 Å². The maximum Gasteiger partial charge on any atom is 0.271 e. The van der Waals surface area contributed by atoms with Crippen LogP contribution in [0.25, 0.3) is 0 Å². The maximum absolute atomic E-state index is 12.3. The molecule has 7 heteroatoms. The molecule has 1 unspecified atom stereocenters. The number of carbonyl (C=O) groups excluding carboxylic acids is 1. The van der Waals surface area contributed by atoms with E-state index < -0.39 is 0 Å². The molecule has 20 heavy (non-hydrogen) atoms. The molecule has 1 atom stereocenters. The van der Waals surface area contributed by atoms with E-state index in [0.717, 1.165) is 21.4 Å². The molecule has 0 saturated heterocycles. The van der Waals surface area contributed by atoms with Gasteiger partial charge in [-0.15, -0.1) is 0 Å². The molecule has 0 radical (unpaired) electrons. The van der Waals surface area contributed by atoms with Gasteiger partial charge < -0.3 is 5.32 Å². The van der Waals surface area contributed by atoms with Gasteiger partial charge in [0.15, 0.2) is 0 Å². The van der Waals surface area contributed by atoms with Crippen molar-refractivity contribution in [2.45, 2.75) is 33.4 Å². The molecule has 0 aliphatic heterocycles. The number of nitrogens with one attached hydrogen (secondary N) is 1. The Morgan fingerprint density at radius 3 is 2.75 bits per heavy atom. The van der Waals surface area contributed by atoms with E-state index in [1.54, 1.807) is 17.9 Å². The van der Waals surface area contributed by atoms with Crippen molar-refractivity contribution in [1.82, 2.24) is 24.9 Å². The van der Waals surface area contributed by atoms with Gasteiger partial charge in [-0.2, -0.15) is 10.2 Å². The average molecular weight is 387 g/mol. The van der Waals surface area contributed by atoms with E-state index in [1.165, 1.54) is 0 Å². The van der Waals surface area contributed by atoms with Crippen LogP contribution in [-0.2, 0) is 13.6 Å². The standard InChI is InChI=1S/C13H18IN5O/c1-5-19-7-10(9(3)17-19)8(2)16-13(20)12-11(14)6-15-18(12)4/h6-8H,5H2,1-4H3,(H,16,20). The highest BCUT2D eigenvalue weighted by Gasteiger charge is 2.19. The number of nitrogens with zero attached hydrogens (tertiary/aromatic N) is 4. The Balaban J connectivity index is 2.17. The van der Waals surface area contributed by atoms with E-state index >= 15 is 0 Å². The van der Waals surface area contributed by atoms with Crippen LogP contribution in [-0.4, -0.2) is 25.5 Å². The number of amides is 1. The molecule has 6 nitrogen and oxygen atoms in total. The van der Waals surface area contributed by atoms with Crippen molar-refractivity contribution in [2.24, 2.45) is 7.05 Å². The first kappa shape index (κ1) is 15.0. The number of hydrogen-bond donors (Lipinski definition) is 1. The smallest absolute Gasteiger partial charge is 0.271 e. The molecule has 0 spiro atoms. The lowest BCUT2D eigenvalue weighted by atomic mass is 10.1. The molecule has 0 saturated carbocycles. The van der Waals surface area contributed by atoms with Crippen LogP contribution in [0, 0.1) is 10.5 Å². The van der Waals surface area contributed by atoms with Gasteiger partial charge in [0.25, 0.3) is 5.91 Å². The summed E-state index contributed by atoms with van der Waals surface area (Å²) in [6, 6.07) is -0.0894. The maximum atomic E-state index is 12.3. The molecular weight excluding hydrogens is 369 g/mol. The lowest BCUT2D eigenvalue weighted by molar-refractivity contribution is 0.0929. The van der Waals surface area contributed by atoms with Gasteiger partial charge in [-0.05, 0) is 43.4 Å². The molecule has 0 aromatic carbocycles. The second-order valence-corrected chi connectivity index (χ2v) is 5.85. The fourth-order valence-corrected chi connectivity index (χ4v) is 2.85. The highest BCUT2D eigenvalue weighted by atomic mass is 127. The van der Waals surface area contributed by atoms with E-state index in [2.05, 4.69) is 38.1 Å². The predicted molar refractivity (Wildman–Crippen MR) is 84.4 cm³/mol. The summed E-state index contributed by atoms with van der Waals surface area (Å²) >= 11 is 2.11. The topological polar surface area (TPSA) is 64.7 Å². The van der Waals surface area contributed by atoms with Gasteiger partial charge in [0.05, 0.1) is 21.5 Å². The zero-order valence-electron chi connectivity index (χ0n) is 12.0. The van der Waals surface area contributed by atoms with E-state index in [4.69, 9.17) is 0 Å². The second-order valence-electron chi connectivity index (χ2n) is 4.69. The SMILES string of the molecule is CCn1cc(C(C)NC(=O)c2c(I)cnn2C)c(C)n1. The van der Waals surface area contributed by atoms with E-state index in [-0.39, 0.29) is 11.9 Å². The Hall–Kier alpha value is -1.38. The van der Waals surface area contributed by atoms with Gasteiger partial charge in [-0.25, -0.2) is 0 Å².